The molecule has 0 spiro atoms. The van der Waals surface area contributed by atoms with Crippen LogP contribution in [-0.4, -0.2) is 77.7 Å². The third-order valence-electron chi connectivity index (χ3n) is 6.84. The fourth-order valence-electron chi connectivity index (χ4n) is 4.38. The van der Waals surface area contributed by atoms with E-state index in [4.69, 9.17) is 14.2 Å². The molecule has 1 saturated heterocycles. The normalized spacial score (nSPS) is 19.9. The first kappa shape index (κ1) is 32.7. The quantitative estimate of drug-likeness (QED) is 0.247. The molecule has 2 N–H and O–H groups in total. The van der Waals surface area contributed by atoms with Crippen molar-refractivity contribution >= 4 is 23.8 Å². The maximum Gasteiger partial charge on any atom is 0.330 e. The van der Waals surface area contributed by atoms with Crippen molar-refractivity contribution in [1.29, 1.82) is 0 Å². The number of amides is 2. The Bertz CT molecular complexity index is 1160. The highest BCUT2D eigenvalue weighted by Gasteiger charge is 2.36. The molecule has 2 rings (SSSR count). The fraction of sp³-hybridized carbons (Fsp3) is 0.704. The summed E-state index contributed by atoms with van der Waals surface area (Å²) in [7, 11) is 3.38. The van der Waals surface area contributed by atoms with Crippen LogP contribution in [0.2, 0.25) is 0 Å². The molecule has 13 heteroatoms. The van der Waals surface area contributed by atoms with Gasteiger partial charge in [-0.15, -0.1) is 0 Å². The van der Waals surface area contributed by atoms with Crippen LogP contribution in [0.4, 0.5) is 0 Å². The molecule has 0 radical (unpaired) electrons. The second kappa shape index (κ2) is 15.3. The lowest BCUT2D eigenvalue weighted by molar-refractivity contribution is -0.152. The van der Waals surface area contributed by atoms with Crippen LogP contribution >= 0.6 is 0 Å². The maximum atomic E-state index is 12.3. The molecular weight excluding hydrogens is 524 g/mol. The maximum absolute atomic E-state index is 12.3. The molecule has 13 nitrogen and oxygen atoms in total. The van der Waals surface area contributed by atoms with Crippen LogP contribution in [0.1, 0.15) is 71.1 Å². The molecule has 2 amide bonds. The number of rotatable bonds is 14. The van der Waals surface area contributed by atoms with Gasteiger partial charge < -0.3 is 24.4 Å². The highest BCUT2D eigenvalue weighted by atomic mass is 16.6. The molecule has 0 aromatic carbocycles. The van der Waals surface area contributed by atoms with E-state index in [2.05, 4.69) is 10.3 Å². The van der Waals surface area contributed by atoms with Gasteiger partial charge in [-0.3, -0.25) is 33.5 Å². The van der Waals surface area contributed by atoms with Crippen molar-refractivity contribution in [3.63, 3.8) is 0 Å². The third kappa shape index (κ3) is 9.61. The van der Waals surface area contributed by atoms with Crippen molar-refractivity contribution in [2.45, 2.75) is 84.7 Å². The average molecular weight is 567 g/mol. The predicted octanol–water partition coefficient (Wildman–Crippen LogP) is 1.03. The van der Waals surface area contributed by atoms with Crippen molar-refractivity contribution < 1.29 is 33.4 Å². The summed E-state index contributed by atoms with van der Waals surface area (Å²) in [6.45, 7) is 7.33. The molecule has 5 unspecified atom stereocenters. The number of nitrogens with zero attached hydrogens (tertiary/aromatic N) is 2. The highest BCUT2D eigenvalue weighted by molar-refractivity contribution is 5.81. The van der Waals surface area contributed by atoms with E-state index >= 15 is 0 Å². The van der Waals surface area contributed by atoms with Crippen LogP contribution in [0.15, 0.2) is 15.8 Å². The molecule has 224 valence electrons. The van der Waals surface area contributed by atoms with Crippen molar-refractivity contribution in [2.75, 3.05) is 27.2 Å². The van der Waals surface area contributed by atoms with Crippen LogP contribution in [-0.2, 0) is 33.4 Å². The summed E-state index contributed by atoms with van der Waals surface area (Å²) in [5.74, 6) is -1.96. The zero-order valence-corrected chi connectivity index (χ0v) is 24.2. The van der Waals surface area contributed by atoms with E-state index in [0.29, 0.717) is 24.8 Å². The highest BCUT2D eigenvalue weighted by Crippen LogP contribution is 2.30. The van der Waals surface area contributed by atoms with E-state index in [0.717, 1.165) is 0 Å². The number of esters is 2. The standard InChI is InChI=1S/C27H42N4O9/c1-7-19(25(35)30(5)6)13-16(2)26(36)38-12-8-11-28-21(32)9-10-23(33)40-20-14-22(39-18(20)4)31-15-17(3)24(34)29-27(31)37/h15-16,18-20,22H,7-14H2,1-6H3,(H,28,32)(H,29,34,37). The number of aromatic amines is 1. The van der Waals surface area contributed by atoms with E-state index in [9.17, 15) is 28.8 Å². The molecule has 1 aromatic heterocycles. The van der Waals surface area contributed by atoms with Gasteiger partial charge in [0.1, 0.15) is 12.3 Å². The summed E-state index contributed by atoms with van der Waals surface area (Å²) in [6, 6.07) is 0. The SMILES string of the molecule is CCC(CC(C)C(=O)OCCCNC(=O)CCC(=O)OC1CC(n2cc(C)c(=O)[nH]c2=O)OC1C)C(=O)N(C)C. The van der Waals surface area contributed by atoms with Gasteiger partial charge in [0.15, 0.2) is 0 Å². The van der Waals surface area contributed by atoms with Crippen molar-refractivity contribution in [1.82, 2.24) is 19.8 Å². The molecule has 2 heterocycles. The van der Waals surface area contributed by atoms with E-state index in [-0.39, 0.29) is 56.1 Å². The number of carbonyl (C=O) groups is 4. The molecule has 5 atom stereocenters. The lowest BCUT2D eigenvalue weighted by atomic mass is 9.92. The first-order chi connectivity index (χ1) is 18.8. The van der Waals surface area contributed by atoms with Gasteiger partial charge in [-0.25, -0.2) is 4.79 Å². The van der Waals surface area contributed by atoms with Crippen LogP contribution in [0, 0.1) is 18.8 Å². The number of hydrogen-bond donors (Lipinski definition) is 2. The lowest BCUT2D eigenvalue weighted by Gasteiger charge is -2.21. The van der Waals surface area contributed by atoms with Crippen molar-refractivity contribution in [3.05, 3.63) is 32.6 Å². The molecule has 0 aliphatic carbocycles. The largest absolute Gasteiger partial charge is 0.465 e. The first-order valence-electron chi connectivity index (χ1n) is 13.6. The minimum Gasteiger partial charge on any atom is -0.465 e. The Labute approximate surface area is 233 Å². The molecule has 0 saturated carbocycles. The van der Waals surface area contributed by atoms with Gasteiger partial charge in [-0.2, -0.15) is 0 Å². The van der Waals surface area contributed by atoms with Gasteiger partial charge in [-0.05, 0) is 33.1 Å². The second-order valence-electron chi connectivity index (χ2n) is 10.4. The molecule has 1 aliphatic heterocycles. The minimum absolute atomic E-state index is 0.0123. The second-order valence-corrected chi connectivity index (χ2v) is 10.4. The third-order valence-corrected chi connectivity index (χ3v) is 6.84. The summed E-state index contributed by atoms with van der Waals surface area (Å²) in [4.78, 5) is 76.3. The summed E-state index contributed by atoms with van der Waals surface area (Å²) in [5.41, 5.74) is -0.727. The fourth-order valence-corrected chi connectivity index (χ4v) is 4.38. The van der Waals surface area contributed by atoms with Crippen LogP contribution in [0.3, 0.4) is 0 Å². The molecule has 1 fully saturated rings. The summed E-state index contributed by atoms with van der Waals surface area (Å²) >= 11 is 0. The van der Waals surface area contributed by atoms with E-state index in [1.807, 2.05) is 6.92 Å². The van der Waals surface area contributed by atoms with E-state index in [1.54, 1.807) is 34.9 Å². The van der Waals surface area contributed by atoms with Crippen molar-refractivity contribution in [3.8, 4) is 0 Å². The Morgan fingerprint density at radius 3 is 2.58 bits per heavy atom. The molecule has 1 aliphatic rings. The summed E-state index contributed by atoms with van der Waals surface area (Å²) in [5, 5.41) is 2.68. The van der Waals surface area contributed by atoms with Crippen LogP contribution in [0.5, 0.6) is 0 Å². The van der Waals surface area contributed by atoms with Crippen LogP contribution in [0.25, 0.3) is 0 Å². The molecular formula is C27H42N4O9. The Morgan fingerprint density at radius 2 is 1.93 bits per heavy atom. The molecule has 40 heavy (non-hydrogen) atoms. The Kier molecular flexibility index (Phi) is 12.6. The number of carbonyl (C=O) groups excluding carboxylic acids is 4. The van der Waals surface area contributed by atoms with Gasteiger partial charge in [0.05, 0.1) is 25.0 Å². The summed E-state index contributed by atoms with van der Waals surface area (Å²) in [6.07, 6.45) is 1.12. The summed E-state index contributed by atoms with van der Waals surface area (Å²) < 4.78 is 17.7. The van der Waals surface area contributed by atoms with Gasteiger partial charge >= 0.3 is 17.6 Å². The number of ether oxygens (including phenoxy) is 3. The number of hydrogen-bond acceptors (Lipinski definition) is 9. The Hall–Kier alpha value is -3.48. The number of aryl methyl sites for hydroxylation is 1. The lowest BCUT2D eigenvalue weighted by Crippen LogP contribution is -2.33. The number of aromatic nitrogens is 2. The average Bonchev–Trinajstić information content (AvgIpc) is 3.26. The zero-order valence-electron chi connectivity index (χ0n) is 24.2. The van der Waals surface area contributed by atoms with Gasteiger partial charge in [0.25, 0.3) is 5.56 Å². The molecule has 0 bridgehead atoms. The van der Waals surface area contributed by atoms with Gasteiger partial charge in [-0.1, -0.05) is 13.8 Å². The monoisotopic (exact) mass is 566 g/mol. The minimum atomic E-state index is -0.690. The van der Waals surface area contributed by atoms with E-state index in [1.165, 1.54) is 15.7 Å². The number of H-pyrrole nitrogens is 1. The Morgan fingerprint density at radius 1 is 1.23 bits per heavy atom. The zero-order chi connectivity index (χ0) is 30.0. The smallest absolute Gasteiger partial charge is 0.330 e. The van der Waals surface area contributed by atoms with Crippen molar-refractivity contribution in [2.24, 2.45) is 11.8 Å². The van der Waals surface area contributed by atoms with Gasteiger partial charge in [0.2, 0.25) is 11.8 Å². The topological polar surface area (TPSA) is 166 Å². The first-order valence-corrected chi connectivity index (χ1v) is 13.6. The molecule has 1 aromatic rings. The Balaban J connectivity index is 1.65. The van der Waals surface area contributed by atoms with E-state index < -0.39 is 41.6 Å². The predicted molar refractivity (Wildman–Crippen MR) is 144 cm³/mol. The number of nitrogens with one attached hydrogen (secondary N) is 2. The van der Waals surface area contributed by atoms with Crippen LogP contribution < -0.4 is 16.6 Å². The van der Waals surface area contributed by atoms with Gasteiger partial charge in [0, 0.05) is 51.2 Å².